The molecule has 6 heteroatoms. The van der Waals surface area contributed by atoms with Gasteiger partial charge < -0.3 is 5.11 Å². The molecule has 0 aliphatic carbocycles. The quantitative estimate of drug-likeness (QED) is 0.923. The topological polar surface area (TPSA) is 57.6 Å². The fourth-order valence-corrected chi connectivity index (χ4v) is 3.94. The van der Waals surface area contributed by atoms with Crippen molar-refractivity contribution in [2.45, 2.75) is 18.4 Å². The van der Waals surface area contributed by atoms with Crippen molar-refractivity contribution in [2.75, 3.05) is 6.54 Å². The third-order valence-corrected chi connectivity index (χ3v) is 5.54. The summed E-state index contributed by atoms with van der Waals surface area (Å²) in [7, 11) is -3.52. The van der Waals surface area contributed by atoms with Crippen molar-refractivity contribution in [3.8, 4) is 5.75 Å². The number of benzene rings is 1. The molecule has 4 nitrogen and oxygen atoms in total. The van der Waals surface area contributed by atoms with E-state index >= 15 is 0 Å². The number of hydrogen-bond acceptors (Lipinski definition) is 4. The highest BCUT2D eigenvalue weighted by atomic mass is 32.2. The molecule has 0 fully saturated rings. The molecule has 102 valence electrons. The van der Waals surface area contributed by atoms with Crippen molar-refractivity contribution in [2.24, 2.45) is 0 Å². The lowest BCUT2D eigenvalue weighted by atomic mass is 10.3. The van der Waals surface area contributed by atoms with E-state index < -0.39 is 10.0 Å². The first-order chi connectivity index (χ1) is 9.04. The van der Waals surface area contributed by atoms with Gasteiger partial charge in [0.25, 0.3) is 0 Å². The first-order valence-electron chi connectivity index (χ1n) is 5.85. The summed E-state index contributed by atoms with van der Waals surface area (Å²) in [6.07, 6.45) is 0. The van der Waals surface area contributed by atoms with E-state index in [1.807, 2.05) is 24.4 Å². The van der Waals surface area contributed by atoms with Crippen LogP contribution in [0.3, 0.4) is 0 Å². The maximum atomic E-state index is 12.4. The molecule has 0 unspecified atom stereocenters. The van der Waals surface area contributed by atoms with E-state index in [-0.39, 0.29) is 10.6 Å². The van der Waals surface area contributed by atoms with Crippen LogP contribution in [0, 0.1) is 0 Å². The lowest BCUT2D eigenvalue weighted by molar-refractivity contribution is 0.426. The number of aromatic hydroxyl groups is 1. The highest BCUT2D eigenvalue weighted by molar-refractivity contribution is 7.89. The zero-order valence-corrected chi connectivity index (χ0v) is 12.1. The van der Waals surface area contributed by atoms with Crippen molar-refractivity contribution < 1.29 is 13.5 Å². The predicted octanol–water partition coefficient (Wildman–Crippen LogP) is 2.66. The average Bonchev–Trinajstić information content (AvgIpc) is 2.89. The van der Waals surface area contributed by atoms with Crippen molar-refractivity contribution in [3.63, 3.8) is 0 Å². The smallest absolute Gasteiger partial charge is 0.243 e. The first kappa shape index (κ1) is 14.0. The van der Waals surface area contributed by atoms with Gasteiger partial charge in [-0.1, -0.05) is 13.0 Å². The Morgan fingerprint density at radius 1 is 1.21 bits per heavy atom. The summed E-state index contributed by atoms with van der Waals surface area (Å²) in [5.74, 6) is 0.0558. The third-order valence-electron chi connectivity index (χ3n) is 2.74. The van der Waals surface area contributed by atoms with Crippen LogP contribution in [0.25, 0.3) is 0 Å². The lowest BCUT2D eigenvalue weighted by Crippen LogP contribution is -2.30. The van der Waals surface area contributed by atoms with Crippen molar-refractivity contribution in [1.29, 1.82) is 0 Å². The van der Waals surface area contributed by atoms with E-state index in [2.05, 4.69) is 0 Å². The average molecular weight is 297 g/mol. The number of nitrogens with zero attached hydrogens (tertiary/aromatic N) is 1. The second-order valence-corrected chi connectivity index (χ2v) is 6.97. The van der Waals surface area contributed by atoms with Crippen LogP contribution in [0.4, 0.5) is 0 Å². The van der Waals surface area contributed by atoms with Crippen LogP contribution < -0.4 is 0 Å². The molecule has 0 saturated carbocycles. The van der Waals surface area contributed by atoms with Gasteiger partial charge in [0, 0.05) is 18.0 Å². The zero-order chi connectivity index (χ0) is 13.9. The molecule has 19 heavy (non-hydrogen) atoms. The van der Waals surface area contributed by atoms with Gasteiger partial charge in [0.05, 0.1) is 4.90 Å². The number of rotatable bonds is 5. The molecule has 0 amide bonds. The van der Waals surface area contributed by atoms with E-state index in [0.29, 0.717) is 13.1 Å². The molecule has 0 spiro atoms. The van der Waals surface area contributed by atoms with Crippen molar-refractivity contribution >= 4 is 21.4 Å². The van der Waals surface area contributed by atoms with Crippen molar-refractivity contribution in [3.05, 3.63) is 46.7 Å². The van der Waals surface area contributed by atoms with E-state index in [1.54, 1.807) is 0 Å². The van der Waals surface area contributed by atoms with Crippen LogP contribution in [0.15, 0.2) is 46.7 Å². The van der Waals surface area contributed by atoms with Crippen LogP contribution in [0.2, 0.25) is 0 Å². The van der Waals surface area contributed by atoms with Gasteiger partial charge in [0.2, 0.25) is 10.0 Å². The Hall–Kier alpha value is -1.37. The molecule has 1 aromatic heterocycles. The molecule has 1 aromatic carbocycles. The zero-order valence-electron chi connectivity index (χ0n) is 10.5. The molecular formula is C13H15NO3S2. The monoisotopic (exact) mass is 297 g/mol. The molecule has 0 bridgehead atoms. The Morgan fingerprint density at radius 2 is 1.89 bits per heavy atom. The van der Waals surface area contributed by atoms with Gasteiger partial charge in [-0.05, 0) is 35.7 Å². The number of sulfonamides is 1. The van der Waals surface area contributed by atoms with E-state index in [0.717, 1.165) is 4.88 Å². The number of phenols is 1. The Morgan fingerprint density at radius 3 is 2.42 bits per heavy atom. The Labute approximate surface area is 117 Å². The highest BCUT2D eigenvalue weighted by Crippen LogP contribution is 2.21. The van der Waals surface area contributed by atoms with E-state index in [4.69, 9.17) is 0 Å². The second kappa shape index (κ2) is 5.73. The molecule has 0 aliphatic rings. The summed E-state index contributed by atoms with van der Waals surface area (Å²) in [5, 5.41) is 11.1. The number of thiophene rings is 1. The SMILES string of the molecule is CCN(Cc1cccs1)S(=O)(=O)c1ccc(O)cc1. The Kier molecular flexibility index (Phi) is 4.24. The second-order valence-electron chi connectivity index (χ2n) is 4.00. The Balaban J connectivity index is 2.28. The minimum Gasteiger partial charge on any atom is -0.508 e. The van der Waals surface area contributed by atoms with Gasteiger partial charge in [-0.2, -0.15) is 4.31 Å². The van der Waals surface area contributed by atoms with Gasteiger partial charge in [0.1, 0.15) is 5.75 Å². The summed E-state index contributed by atoms with van der Waals surface area (Å²) >= 11 is 1.53. The molecule has 1 heterocycles. The molecule has 0 aliphatic heterocycles. The summed E-state index contributed by atoms with van der Waals surface area (Å²) in [4.78, 5) is 1.20. The van der Waals surface area contributed by atoms with Gasteiger partial charge >= 0.3 is 0 Å². The summed E-state index contributed by atoms with van der Waals surface area (Å²) < 4.78 is 26.3. The first-order valence-corrected chi connectivity index (χ1v) is 8.17. The maximum absolute atomic E-state index is 12.4. The minimum absolute atomic E-state index is 0.0558. The molecule has 2 aromatic rings. The summed E-state index contributed by atoms with van der Waals surface area (Å²) in [6, 6.07) is 9.42. The largest absolute Gasteiger partial charge is 0.508 e. The van der Waals surface area contributed by atoms with Gasteiger partial charge in [0.15, 0.2) is 0 Å². The van der Waals surface area contributed by atoms with Crippen LogP contribution >= 0.6 is 11.3 Å². The van der Waals surface area contributed by atoms with Crippen molar-refractivity contribution in [1.82, 2.24) is 4.31 Å². The Bertz CT molecular complexity index is 618. The molecular weight excluding hydrogens is 282 g/mol. The summed E-state index contributed by atoms with van der Waals surface area (Å²) in [6.45, 7) is 2.59. The van der Waals surface area contributed by atoms with Crippen LogP contribution in [0.5, 0.6) is 5.75 Å². The van der Waals surface area contributed by atoms with Gasteiger partial charge in [-0.15, -0.1) is 11.3 Å². The highest BCUT2D eigenvalue weighted by Gasteiger charge is 2.23. The number of hydrogen-bond donors (Lipinski definition) is 1. The summed E-state index contributed by atoms with van der Waals surface area (Å²) in [5.41, 5.74) is 0. The van der Waals surface area contributed by atoms with Crippen LogP contribution in [0.1, 0.15) is 11.8 Å². The molecule has 1 N–H and O–H groups in total. The third kappa shape index (κ3) is 3.15. The lowest BCUT2D eigenvalue weighted by Gasteiger charge is -2.19. The van der Waals surface area contributed by atoms with E-state index in [9.17, 15) is 13.5 Å². The van der Waals surface area contributed by atoms with Gasteiger partial charge in [-0.25, -0.2) is 8.42 Å². The van der Waals surface area contributed by atoms with E-state index in [1.165, 1.54) is 39.9 Å². The molecule has 0 atom stereocenters. The number of phenolic OH excluding ortho intramolecular Hbond substituents is 1. The van der Waals surface area contributed by atoms with Crippen LogP contribution in [-0.4, -0.2) is 24.4 Å². The van der Waals surface area contributed by atoms with Gasteiger partial charge in [-0.3, -0.25) is 0 Å². The normalized spacial score (nSPS) is 11.9. The minimum atomic E-state index is -3.52. The van der Waals surface area contributed by atoms with Crippen LogP contribution in [-0.2, 0) is 16.6 Å². The fraction of sp³-hybridized carbons (Fsp3) is 0.231. The fourth-order valence-electron chi connectivity index (χ4n) is 1.71. The molecule has 0 radical (unpaired) electrons. The maximum Gasteiger partial charge on any atom is 0.243 e. The standard InChI is InChI=1S/C13H15NO3S2/c1-2-14(10-12-4-3-9-18-12)19(16,17)13-7-5-11(15)6-8-13/h3-9,15H,2,10H2,1H3. The molecule has 0 saturated heterocycles. The predicted molar refractivity (Wildman–Crippen MR) is 75.7 cm³/mol. The molecule has 2 rings (SSSR count).